The van der Waals surface area contributed by atoms with Crippen LogP contribution < -0.4 is 5.32 Å². The Labute approximate surface area is 242 Å². The van der Waals surface area contributed by atoms with Crippen molar-refractivity contribution in [2.75, 3.05) is 39.9 Å². The van der Waals surface area contributed by atoms with Crippen molar-refractivity contribution < 1.29 is 27.9 Å². The number of hydroxylamine groups is 2. The van der Waals surface area contributed by atoms with Gasteiger partial charge >= 0.3 is 0 Å². The first-order chi connectivity index (χ1) is 20.2. The number of hydrogen-bond donors (Lipinski definition) is 1. The molecule has 0 unspecified atom stereocenters. The predicted molar refractivity (Wildman–Crippen MR) is 150 cm³/mol. The van der Waals surface area contributed by atoms with Crippen molar-refractivity contribution >= 4 is 17.4 Å². The molecule has 1 aromatic carbocycles. The third-order valence-corrected chi connectivity index (χ3v) is 7.60. The molecule has 10 nitrogen and oxygen atoms in total. The van der Waals surface area contributed by atoms with Crippen molar-refractivity contribution in [2.45, 2.75) is 38.8 Å². The number of aromatic nitrogens is 3. The highest BCUT2D eigenvalue weighted by Crippen LogP contribution is 2.31. The second kappa shape index (κ2) is 12.9. The molecule has 5 rings (SSSR count). The summed E-state index contributed by atoms with van der Waals surface area (Å²) in [5.74, 6) is -2.53. The highest BCUT2D eigenvalue weighted by Gasteiger charge is 2.37. The van der Waals surface area contributed by atoms with Gasteiger partial charge in [-0.15, -0.1) is 0 Å². The molecule has 2 aliphatic heterocycles. The first-order valence-corrected chi connectivity index (χ1v) is 13.8. The zero-order chi connectivity index (χ0) is 29.8. The van der Waals surface area contributed by atoms with Gasteiger partial charge in [-0.1, -0.05) is 24.3 Å². The Bertz CT molecular complexity index is 1480. The second-order valence-corrected chi connectivity index (χ2v) is 10.4. The van der Waals surface area contributed by atoms with Gasteiger partial charge in [0.2, 0.25) is 17.8 Å². The fraction of sp³-hybridized carbons (Fsp3) is 0.400. The quantitative estimate of drug-likeness (QED) is 0.388. The van der Waals surface area contributed by atoms with E-state index in [0.717, 1.165) is 34.3 Å². The molecule has 0 spiro atoms. The largest absolute Gasteiger partial charge is 0.383 e. The van der Waals surface area contributed by atoms with Crippen molar-refractivity contribution in [1.82, 2.24) is 30.0 Å². The number of rotatable bonds is 9. The molecule has 2 atom stereocenters. The summed E-state index contributed by atoms with van der Waals surface area (Å²) in [7, 11) is 1.57. The molecule has 2 aromatic heterocycles. The fourth-order valence-corrected chi connectivity index (χ4v) is 5.34. The van der Waals surface area contributed by atoms with E-state index in [-0.39, 0.29) is 18.2 Å². The summed E-state index contributed by atoms with van der Waals surface area (Å²) >= 11 is 0. The number of methoxy groups -OCH3 is 1. The number of nitrogens with zero attached hydrogens (tertiary/aromatic N) is 5. The van der Waals surface area contributed by atoms with Crippen LogP contribution in [0.3, 0.4) is 0 Å². The molecule has 1 N–H and O–H groups in total. The third kappa shape index (κ3) is 6.40. The fourth-order valence-electron chi connectivity index (χ4n) is 5.34. The van der Waals surface area contributed by atoms with Gasteiger partial charge in [-0.05, 0) is 42.7 Å². The summed E-state index contributed by atoms with van der Waals surface area (Å²) in [4.78, 5) is 36.6. The molecule has 1 fully saturated rings. The van der Waals surface area contributed by atoms with Crippen molar-refractivity contribution in [3.05, 3.63) is 83.0 Å². The van der Waals surface area contributed by atoms with Crippen LogP contribution in [0.2, 0.25) is 0 Å². The molecule has 222 valence electrons. The standard InChI is InChI=1S/C30H34F2N6O4/c1-19-26(38(23-7-5-4-6-8-23)35-28(19)21-9-11-36(12-10-21)20(2)39)16-27(40)34-25-18-37(13-14-41-3)42-29(25)22-15-24(31)30(32)33-17-22/h4-9,15,17,25,29H,10-14,16,18H2,1-3H3,(H,34,40)/t25-,29+/m1/s1. The molecule has 3 aromatic rings. The van der Waals surface area contributed by atoms with Crippen LogP contribution in [0.4, 0.5) is 8.78 Å². The maximum Gasteiger partial charge on any atom is 0.248 e. The Balaban J connectivity index is 1.40. The zero-order valence-corrected chi connectivity index (χ0v) is 23.8. The van der Waals surface area contributed by atoms with Gasteiger partial charge < -0.3 is 15.0 Å². The van der Waals surface area contributed by atoms with Crippen molar-refractivity contribution in [3.8, 4) is 5.69 Å². The number of ether oxygens (including phenoxy) is 1. The Morgan fingerprint density at radius 3 is 2.67 bits per heavy atom. The van der Waals surface area contributed by atoms with Gasteiger partial charge in [0, 0.05) is 52.0 Å². The van der Waals surface area contributed by atoms with E-state index < -0.39 is 23.9 Å². The Kier molecular flexibility index (Phi) is 9.05. The molecule has 0 bridgehead atoms. The van der Waals surface area contributed by atoms with E-state index in [9.17, 15) is 18.4 Å². The van der Waals surface area contributed by atoms with Crippen LogP contribution in [0.25, 0.3) is 11.3 Å². The number of benzene rings is 1. The van der Waals surface area contributed by atoms with E-state index in [0.29, 0.717) is 44.8 Å². The normalized spacial score (nSPS) is 19.2. The molecular weight excluding hydrogens is 546 g/mol. The lowest BCUT2D eigenvalue weighted by atomic mass is 10.00. The van der Waals surface area contributed by atoms with E-state index in [1.54, 1.807) is 28.7 Å². The molecule has 0 radical (unpaired) electrons. The number of para-hydroxylation sites is 1. The molecule has 42 heavy (non-hydrogen) atoms. The lowest BCUT2D eigenvalue weighted by Gasteiger charge is -2.24. The van der Waals surface area contributed by atoms with E-state index in [4.69, 9.17) is 14.7 Å². The summed E-state index contributed by atoms with van der Waals surface area (Å²) in [6.45, 7) is 5.77. The van der Waals surface area contributed by atoms with Gasteiger partial charge in [-0.25, -0.2) is 14.1 Å². The number of nitrogens with one attached hydrogen (secondary N) is 1. The van der Waals surface area contributed by atoms with Crippen molar-refractivity contribution in [3.63, 3.8) is 0 Å². The number of pyridine rings is 1. The lowest BCUT2D eigenvalue weighted by Crippen LogP contribution is -2.41. The van der Waals surface area contributed by atoms with Crippen LogP contribution in [-0.2, 0) is 25.6 Å². The first kappa shape index (κ1) is 29.5. The minimum atomic E-state index is -1.20. The molecule has 0 saturated carbocycles. The number of carbonyl (C=O) groups excluding carboxylic acids is 2. The lowest BCUT2D eigenvalue weighted by molar-refractivity contribution is -0.154. The smallest absolute Gasteiger partial charge is 0.248 e. The van der Waals surface area contributed by atoms with Crippen LogP contribution >= 0.6 is 0 Å². The minimum Gasteiger partial charge on any atom is -0.383 e. The predicted octanol–water partition coefficient (Wildman–Crippen LogP) is 3.15. The van der Waals surface area contributed by atoms with Crippen molar-refractivity contribution in [1.29, 1.82) is 0 Å². The SMILES string of the molecule is COCCN1C[C@@H](NC(=O)Cc2c(C)c(C3=CCN(C(C)=O)CC3)nn2-c2ccccc2)[C@H](c2cnc(F)c(F)c2)O1. The molecule has 2 amide bonds. The molecule has 12 heteroatoms. The summed E-state index contributed by atoms with van der Waals surface area (Å²) in [5, 5.41) is 9.59. The van der Waals surface area contributed by atoms with E-state index >= 15 is 0 Å². The van der Waals surface area contributed by atoms with Crippen LogP contribution in [0.1, 0.15) is 42.0 Å². The molecule has 2 aliphatic rings. The average molecular weight is 581 g/mol. The summed E-state index contributed by atoms with van der Waals surface area (Å²) in [5.41, 5.74) is 4.57. The van der Waals surface area contributed by atoms with Crippen LogP contribution in [-0.4, -0.2) is 82.5 Å². The van der Waals surface area contributed by atoms with E-state index in [1.807, 2.05) is 43.3 Å². The maximum atomic E-state index is 14.0. The molecule has 1 saturated heterocycles. The summed E-state index contributed by atoms with van der Waals surface area (Å²) < 4.78 is 34.5. The first-order valence-electron chi connectivity index (χ1n) is 13.8. The molecule has 4 heterocycles. The number of hydrogen-bond acceptors (Lipinski definition) is 7. The van der Waals surface area contributed by atoms with Crippen LogP contribution in [0.5, 0.6) is 0 Å². The van der Waals surface area contributed by atoms with Crippen LogP contribution in [0, 0.1) is 18.7 Å². The van der Waals surface area contributed by atoms with E-state index in [1.165, 1.54) is 6.20 Å². The van der Waals surface area contributed by atoms with Gasteiger partial charge in [0.1, 0.15) is 6.10 Å². The van der Waals surface area contributed by atoms with Crippen LogP contribution in [0.15, 0.2) is 48.7 Å². The minimum absolute atomic E-state index is 0.0257. The molecule has 0 aliphatic carbocycles. The van der Waals surface area contributed by atoms with Crippen molar-refractivity contribution in [2.24, 2.45) is 0 Å². The van der Waals surface area contributed by atoms with E-state index in [2.05, 4.69) is 10.3 Å². The maximum absolute atomic E-state index is 14.0. The zero-order valence-electron chi connectivity index (χ0n) is 23.8. The second-order valence-electron chi connectivity index (χ2n) is 10.4. The number of carbonyl (C=O) groups is 2. The average Bonchev–Trinajstić information content (AvgIpc) is 3.54. The monoisotopic (exact) mass is 580 g/mol. The summed E-state index contributed by atoms with van der Waals surface area (Å²) in [6, 6.07) is 10.1. The van der Waals surface area contributed by atoms with Gasteiger partial charge in [0.05, 0.1) is 36.1 Å². The summed E-state index contributed by atoms with van der Waals surface area (Å²) in [6.07, 6.45) is 3.16. The topological polar surface area (TPSA) is 102 Å². The Morgan fingerprint density at radius 1 is 1.21 bits per heavy atom. The van der Waals surface area contributed by atoms with Gasteiger partial charge in [-0.2, -0.15) is 14.6 Å². The van der Waals surface area contributed by atoms with Gasteiger partial charge in [-0.3, -0.25) is 14.4 Å². The Hall–Kier alpha value is -4.00. The highest BCUT2D eigenvalue weighted by molar-refractivity contribution is 5.80. The number of halogens is 2. The molecular formula is C30H34F2N6O4. The number of amides is 2. The third-order valence-electron chi connectivity index (χ3n) is 7.60. The van der Waals surface area contributed by atoms with Gasteiger partial charge in [0.25, 0.3) is 0 Å². The highest BCUT2D eigenvalue weighted by atomic mass is 19.2. The van der Waals surface area contributed by atoms with Gasteiger partial charge in [0.15, 0.2) is 5.82 Å². The Morgan fingerprint density at radius 2 is 2.00 bits per heavy atom.